The summed E-state index contributed by atoms with van der Waals surface area (Å²) in [6.07, 6.45) is 3.30. The Balaban J connectivity index is 1.95. The van der Waals surface area contributed by atoms with Gasteiger partial charge < -0.3 is 21.3 Å². The Bertz CT molecular complexity index is 691. The zero-order chi connectivity index (χ0) is 20.9. The molecule has 1 aliphatic carbocycles. The number of hydrogen-bond acceptors (Lipinski definition) is 4. The molecule has 1 aromatic carbocycles. The highest BCUT2D eigenvalue weighted by atomic mass is 16.4. The number of carboxylic acids is 1. The van der Waals surface area contributed by atoms with Gasteiger partial charge in [-0.1, -0.05) is 51.5 Å². The average Bonchev–Trinajstić information content (AvgIpc) is 2.61. The lowest BCUT2D eigenvalue weighted by atomic mass is 9.66. The summed E-state index contributed by atoms with van der Waals surface area (Å²) in [7, 11) is 0. The van der Waals surface area contributed by atoms with Gasteiger partial charge in [-0.25, -0.2) is 0 Å². The van der Waals surface area contributed by atoms with Crippen LogP contribution in [-0.2, 0) is 22.4 Å². The number of amides is 1. The molecule has 28 heavy (non-hydrogen) atoms. The van der Waals surface area contributed by atoms with Crippen LogP contribution in [0.4, 0.5) is 0 Å². The van der Waals surface area contributed by atoms with E-state index < -0.39 is 17.6 Å². The summed E-state index contributed by atoms with van der Waals surface area (Å²) in [4.78, 5) is 23.7. The molecule has 0 heterocycles. The Hall–Kier alpha value is -1.92. The Morgan fingerprint density at radius 2 is 1.96 bits per heavy atom. The number of rotatable bonds is 8. The Kier molecular flexibility index (Phi) is 7.61. The van der Waals surface area contributed by atoms with Crippen LogP contribution in [0.2, 0.25) is 0 Å². The SMILES string of the molecule is CC(C)[C@@H]1CC[C@@H](C)C[C@@]1(O)C(=O)NCCc1cccc(CC(N)C(=O)O)c1. The molecule has 1 aliphatic rings. The van der Waals surface area contributed by atoms with E-state index in [2.05, 4.69) is 26.1 Å². The molecule has 2 rings (SSSR count). The number of aliphatic hydroxyl groups is 1. The number of carbonyl (C=O) groups excluding carboxylic acids is 1. The third-order valence-corrected chi connectivity index (χ3v) is 5.90. The first-order valence-electron chi connectivity index (χ1n) is 10.2. The maximum absolute atomic E-state index is 12.8. The standard InChI is InChI=1S/C22H34N2O4/c1-14(2)18-8-7-15(3)13-22(18,28)21(27)24-10-9-16-5-4-6-17(11-16)12-19(23)20(25)26/h4-6,11,14-15,18-19,28H,7-10,12-13,23H2,1-3H3,(H,24,27)(H,25,26)/t15-,18+,19?,22+/m1/s1. The maximum atomic E-state index is 12.8. The zero-order valence-corrected chi connectivity index (χ0v) is 17.1. The van der Waals surface area contributed by atoms with Gasteiger partial charge in [-0.05, 0) is 54.6 Å². The summed E-state index contributed by atoms with van der Waals surface area (Å²) in [5.41, 5.74) is 6.16. The van der Waals surface area contributed by atoms with E-state index in [1.165, 1.54) is 0 Å². The lowest BCUT2D eigenvalue weighted by molar-refractivity contribution is -0.155. The van der Waals surface area contributed by atoms with Gasteiger partial charge in [0, 0.05) is 6.54 Å². The zero-order valence-electron chi connectivity index (χ0n) is 17.1. The smallest absolute Gasteiger partial charge is 0.320 e. The van der Waals surface area contributed by atoms with E-state index in [1.807, 2.05) is 24.3 Å². The first kappa shape index (κ1) is 22.4. The van der Waals surface area contributed by atoms with Gasteiger partial charge >= 0.3 is 5.97 Å². The van der Waals surface area contributed by atoms with Crippen LogP contribution in [0.1, 0.15) is 51.2 Å². The largest absolute Gasteiger partial charge is 0.480 e. The van der Waals surface area contributed by atoms with Crippen molar-refractivity contribution in [1.29, 1.82) is 0 Å². The van der Waals surface area contributed by atoms with E-state index in [1.54, 1.807) is 0 Å². The molecule has 0 bridgehead atoms. The summed E-state index contributed by atoms with van der Waals surface area (Å²) in [5.74, 6) is -0.738. The molecule has 0 radical (unpaired) electrons. The van der Waals surface area contributed by atoms with Crippen molar-refractivity contribution in [3.63, 3.8) is 0 Å². The van der Waals surface area contributed by atoms with Crippen molar-refractivity contribution in [2.45, 2.75) is 64.5 Å². The predicted molar refractivity (Wildman–Crippen MR) is 109 cm³/mol. The Labute approximate surface area is 167 Å². The molecule has 0 saturated heterocycles. The van der Waals surface area contributed by atoms with Crippen LogP contribution in [0.3, 0.4) is 0 Å². The molecule has 156 valence electrons. The van der Waals surface area contributed by atoms with Crippen molar-refractivity contribution >= 4 is 11.9 Å². The molecule has 1 unspecified atom stereocenters. The van der Waals surface area contributed by atoms with Gasteiger partial charge in [0.2, 0.25) is 0 Å². The Morgan fingerprint density at radius 3 is 2.61 bits per heavy atom. The van der Waals surface area contributed by atoms with Crippen molar-refractivity contribution in [3.8, 4) is 0 Å². The van der Waals surface area contributed by atoms with Crippen molar-refractivity contribution in [3.05, 3.63) is 35.4 Å². The van der Waals surface area contributed by atoms with Gasteiger partial charge in [0.25, 0.3) is 5.91 Å². The number of nitrogens with two attached hydrogens (primary N) is 1. The van der Waals surface area contributed by atoms with Crippen molar-refractivity contribution in [1.82, 2.24) is 5.32 Å². The third kappa shape index (κ3) is 5.55. The molecule has 6 nitrogen and oxygen atoms in total. The fraction of sp³-hybridized carbons (Fsp3) is 0.636. The number of hydrogen-bond donors (Lipinski definition) is 4. The van der Waals surface area contributed by atoms with E-state index >= 15 is 0 Å². The Morgan fingerprint density at radius 1 is 1.29 bits per heavy atom. The van der Waals surface area contributed by atoms with E-state index in [4.69, 9.17) is 10.8 Å². The summed E-state index contributed by atoms with van der Waals surface area (Å²) in [6, 6.07) is 6.65. The van der Waals surface area contributed by atoms with Gasteiger partial charge in [0.15, 0.2) is 0 Å². The van der Waals surface area contributed by atoms with Crippen LogP contribution >= 0.6 is 0 Å². The van der Waals surface area contributed by atoms with Crippen molar-refractivity contribution in [2.75, 3.05) is 6.54 Å². The summed E-state index contributed by atoms with van der Waals surface area (Å²) in [5, 5.41) is 23.0. The lowest BCUT2D eigenvalue weighted by Gasteiger charge is -2.43. The second-order valence-electron chi connectivity index (χ2n) is 8.64. The number of nitrogens with one attached hydrogen (secondary N) is 1. The molecular formula is C22H34N2O4. The second-order valence-corrected chi connectivity index (χ2v) is 8.64. The molecule has 6 heteroatoms. The topological polar surface area (TPSA) is 113 Å². The van der Waals surface area contributed by atoms with E-state index in [9.17, 15) is 14.7 Å². The number of carbonyl (C=O) groups is 2. The van der Waals surface area contributed by atoms with E-state index in [-0.39, 0.29) is 24.2 Å². The monoisotopic (exact) mass is 390 g/mol. The van der Waals surface area contributed by atoms with E-state index in [0.717, 1.165) is 24.0 Å². The number of carboxylic acid groups (broad SMARTS) is 1. The minimum Gasteiger partial charge on any atom is -0.480 e. The van der Waals surface area contributed by atoms with Gasteiger partial charge in [-0.2, -0.15) is 0 Å². The quantitative estimate of drug-likeness (QED) is 0.543. The van der Waals surface area contributed by atoms with Crippen LogP contribution in [0.5, 0.6) is 0 Å². The van der Waals surface area contributed by atoms with Gasteiger partial charge in [0.05, 0.1) is 0 Å². The predicted octanol–water partition coefficient (Wildman–Crippen LogP) is 2.12. The molecular weight excluding hydrogens is 356 g/mol. The van der Waals surface area contributed by atoms with Crippen LogP contribution in [-0.4, -0.2) is 40.3 Å². The van der Waals surface area contributed by atoms with Gasteiger partial charge in [-0.3, -0.25) is 9.59 Å². The highest BCUT2D eigenvalue weighted by Crippen LogP contribution is 2.41. The maximum Gasteiger partial charge on any atom is 0.320 e. The van der Waals surface area contributed by atoms with Crippen LogP contribution in [0.15, 0.2) is 24.3 Å². The highest BCUT2D eigenvalue weighted by Gasteiger charge is 2.48. The summed E-state index contributed by atoms with van der Waals surface area (Å²) < 4.78 is 0. The van der Waals surface area contributed by atoms with Gasteiger partial charge in [-0.15, -0.1) is 0 Å². The molecule has 0 aliphatic heterocycles. The first-order valence-corrected chi connectivity index (χ1v) is 10.2. The first-order chi connectivity index (χ1) is 13.1. The average molecular weight is 391 g/mol. The molecule has 1 aromatic rings. The molecule has 0 spiro atoms. The lowest BCUT2D eigenvalue weighted by Crippen LogP contribution is -2.56. The normalized spacial score (nSPS) is 26.1. The van der Waals surface area contributed by atoms with Gasteiger partial charge in [0.1, 0.15) is 11.6 Å². The fourth-order valence-electron chi connectivity index (χ4n) is 4.36. The van der Waals surface area contributed by atoms with Crippen LogP contribution < -0.4 is 11.1 Å². The summed E-state index contributed by atoms with van der Waals surface area (Å²) >= 11 is 0. The summed E-state index contributed by atoms with van der Waals surface area (Å²) in [6.45, 7) is 6.63. The third-order valence-electron chi connectivity index (χ3n) is 5.90. The molecule has 1 amide bonds. The second kappa shape index (κ2) is 9.52. The minimum atomic E-state index is -1.30. The molecule has 1 saturated carbocycles. The minimum absolute atomic E-state index is 0.0236. The van der Waals surface area contributed by atoms with E-state index in [0.29, 0.717) is 25.3 Å². The van der Waals surface area contributed by atoms with Crippen molar-refractivity contribution < 1.29 is 19.8 Å². The molecule has 4 atom stereocenters. The van der Waals surface area contributed by atoms with Crippen LogP contribution in [0, 0.1) is 17.8 Å². The molecule has 5 N–H and O–H groups in total. The molecule has 1 fully saturated rings. The van der Waals surface area contributed by atoms with Crippen molar-refractivity contribution in [2.24, 2.45) is 23.5 Å². The number of aliphatic carboxylic acids is 1. The highest BCUT2D eigenvalue weighted by molar-refractivity contribution is 5.85. The molecule has 0 aromatic heterocycles. The number of benzene rings is 1. The van der Waals surface area contributed by atoms with Crippen LogP contribution in [0.25, 0.3) is 0 Å². The fourth-order valence-corrected chi connectivity index (χ4v) is 4.36.